The van der Waals surface area contributed by atoms with E-state index in [0.29, 0.717) is 0 Å². The van der Waals surface area contributed by atoms with Gasteiger partial charge in [-0.25, -0.2) is 4.84 Å². The van der Waals surface area contributed by atoms with Crippen molar-refractivity contribution in [3.63, 3.8) is 0 Å². The van der Waals surface area contributed by atoms with E-state index in [4.69, 9.17) is 11.8 Å². The lowest BCUT2D eigenvalue weighted by Crippen LogP contribution is -2.12. The highest BCUT2D eigenvalue weighted by atomic mass is 35.5. The van der Waals surface area contributed by atoms with Gasteiger partial charge in [-0.05, 0) is 35.7 Å². The highest BCUT2D eigenvalue weighted by Gasteiger charge is 2.09. The normalized spacial score (nSPS) is 12.3. The molecule has 2 aromatic rings. The summed E-state index contributed by atoms with van der Waals surface area (Å²) in [6.45, 7) is 0. The Morgan fingerprint density at radius 3 is 2.06 bits per heavy atom. The van der Waals surface area contributed by atoms with E-state index in [1.165, 1.54) is 11.1 Å². The van der Waals surface area contributed by atoms with Gasteiger partial charge in [0.15, 0.2) is 0 Å². The van der Waals surface area contributed by atoms with Gasteiger partial charge in [0.2, 0.25) is 0 Å². The van der Waals surface area contributed by atoms with Crippen LogP contribution in [0.5, 0.6) is 0 Å². The molecule has 1 N–H and O–H groups in total. The van der Waals surface area contributed by atoms with Crippen molar-refractivity contribution in [2.24, 2.45) is 0 Å². The van der Waals surface area contributed by atoms with Gasteiger partial charge in [0.25, 0.3) is 0 Å². The highest BCUT2D eigenvalue weighted by molar-refractivity contribution is 6.13. The van der Waals surface area contributed by atoms with Crippen molar-refractivity contribution in [3.8, 4) is 0 Å². The molecule has 0 saturated carbocycles. The zero-order valence-corrected chi connectivity index (χ0v) is 10.4. The molecule has 0 amide bonds. The Hall–Kier alpha value is -1.31. The van der Waals surface area contributed by atoms with Crippen LogP contribution in [0.4, 0.5) is 0 Å². The highest BCUT2D eigenvalue weighted by Crippen LogP contribution is 2.19. The zero-order chi connectivity index (χ0) is 11.9. The molecule has 0 aliphatic rings. The summed E-state index contributed by atoms with van der Waals surface area (Å²) in [6, 6.07) is 21.0. The number of benzene rings is 2. The van der Waals surface area contributed by atoms with E-state index in [9.17, 15) is 0 Å². The number of hydrogen-bond acceptors (Lipinski definition) is 1. The van der Waals surface area contributed by atoms with Crippen LogP contribution in [0.15, 0.2) is 60.7 Å². The van der Waals surface area contributed by atoms with Crippen LogP contribution >= 0.6 is 11.8 Å². The van der Waals surface area contributed by atoms with E-state index >= 15 is 0 Å². The quantitative estimate of drug-likeness (QED) is 0.782. The van der Waals surface area contributed by atoms with Crippen LogP contribution in [-0.2, 0) is 6.42 Å². The summed E-state index contributed by atoms with van der Waals surface area (Å²) in [5.74, 6) is 0. The first-order chi connectivity index (χ1) is 8.40. The average Bonchev–Trinajstić information content (AvgIpc) is 2.42. The van der Waals surface area contributed by atoms with Crippen LogP contribution in [0.2, 0.25) is 0 Å². The summed E-state index contributed by atoms with van der Waals surface area (Å²) < 4.78 is 0. The number of halogens is 1. The van der Waals surface area contributed by atoms with Crippen LogP contribution in [0.25, 0.3) is 0 Å². The summed E-state index contributed by atoms with van der Waals surface area (Å²) in [4.78, 5) is 2.86. The van der Waals surface area contributed by atoms with Crippen molar-refractivity contribution in [2.75, 3.05) is 0 Å². The average molecular weight is 246 g/mol. The summed E-state index contributed by atoms with van der Waals surface area (Å²) in [5, 5.41) is 0. The molecule has 1 atom stereocenters. The Balaban J connectivity index is 1.97. The molecule has 0 fully saturated rings. The zero-order valence-electron chi connectivity index (χ0n) is 9.64. The van der Waals surface area contributed by atoms with E-state index in [0.717, 1.165) is 12.8 Å². The predicted octanol–water partition coefficient (Wildman–Crippen LogP) is 4.10. The minimum absolute atomic E-state index is 0.207. The van der Waals surface area contributed by atoms with Gasteiger partial charge >= 0.3 is 0 Å². The van der Waals surface area contributed by atoms with Gasteiger partial charge < -0.3 is 0 Å². The summed E-state index contributed by atoms with van der Waals surface area (Å²) in [7, 11) is 0. The number of nitrogens with one attached hydrogen (secondary N) is 1. The van der Waals surface area contributed by atoms with Gasteiger partial charge in [-0.15, -0.1) is 0 Å². The van der Waals surface area contributed by atoms with Crippen LogP contribution in [0.1, 0.15) is 23.6 Å². The molecule has 0 radical (unpaired) electrons. The Morgan fingerprint density at radius 1 is 0.882 bits per heavy atom. The predicted molar refractivity (Wildman–Crippen MR) is 72.9 cm³/mol. The number of aryl methyl sites for hydroxylation is 1. The fourth-order valence-electron chi connectivity index (χ4n) is 1.93. The number of hydrogen-bond donors (Lipinski definition) is 1. The third kappa shape index (κ3) is 3.58. The molecular formula is C15H16ClN. The van der Waals surface area contributed by atoms with Crippen molar-refractivity contribution in [1.29, 1.82) is 0 Å². The van der Waals surface area contributed by atoms with Crippen LogP contribution in [0, 0.1) is 0 Å². The van der Waals surface area contributed by atoms with Gasteiger partial charge in [-0.2, -0.15) is 0 Å². The van der Waals surface area contributed by atoms with E-state index in [-0.39, 0.29) is 6.04 Å². The van der Waals surface area contributed by atoms with Crippen molar-refractivity contribution in [3.05, 3.63) is 71.8 Å². The van der Waals surface area contributed by atoms with Crippen molar-refractivity contribution >= 4 is 11.8 Å². The standard InChI is InChI=1S/C15H16ClN/c16-17-15(14-9-5-2-6-10-14)12-11-13-7-3-1-4-8-13/h1-10,15,17H,11-12H2. The topological polar surface area (TPSA) is 12.0 Å². The van der Waals surface area contributed by atoms with Gasteiger partial charge in [-0.1, -0.05) is 60.7 Å². The van der Waals surface area contributed by atoms with Gasteiger partial charge in [-0.3, -0.25) is 0 Å². The third-order valence-corrected chi connectivity index (χ3v) is 3.16. The van der Waals surface area contributed by atoms with E-state index in [1.807, 2.05) is 24.3 Å². The fraction of sp³-hybridized carbons (Fsp3) is 0.200. The summed E-state index contributed by atoms with van der Waals surface area (Å²) in [5.41, 5.74) is 2.58. The Kier molecular flexibility index (Phi) is 4.60. The smallest absolute Gasteiger partial charge is 0.0473 e. The SMILES string of the molecule is ClNC(CCc1ccccc1)c1ccccc1. The second-order valence-electron chi connectivity index (χ2n) is 4.10. The Labute approximate surface area is 108 Å². The van der Waals surface area contributed by atoms with Crippen molar-refractivity contribution in [2.45, 2.75) is 18.9 Å². The molecule has 0 spiro atoms. The van der Waals surface area contributed by atoms with E-state index < -0.39 is 0 Å². The van der Waals surface area contributed by atoms with Crippen molar-refractivity contribution in [1.82, 2.24) is 4.84 Å². The molecule has 0 aliphatic heterocycles. The molecule has 88 valence electrons. The van der Waals surface area contributed by atoms with Gasteiger partial charge in [0, 0.05) is 6.04 Å². The van der Waals surface area contributed by atoms with Gasteiger partial charge in [0.05, 0.1) is 0 Å². The molecule has 0 aromatic heterocycles. The largest absolute Gasteiger partial charge is 0.226 e. The molecule has 17 heavy (non-hydrogen) atoms. The molecule has 2 aromatic carbocycles. The van der Waals surface area contributed by atoms with Crippen molar-refractivity contribution < 1.29 is 0 Å². The van der Waals surface area contributed by atoms with Crippen LogP contribution < -0.4 is 4.84 Å². The lowest BCUT2D eigenvalue weighted by molar-refractivity contribution is 0.607. The van der Waals surface area contributed by atoms with E-state index in [2.05, 4.69) is 41.2 Å². The first kappa shape index (κ1) is 12.2. The summed E-state index contributed by atoms with van der Waals surface area (Å²) >= 11 is 5.82. The molecule has 0 heterocycles. The maximum atomic E-state index is 5.82. The first-order valence-corrected chi connectivity index (χ1v) is 6.23. The molecule has 1 nitrogen and oxygen atoms in total. The molecule has 1 unspecified atom stereocenters. The Morgan fingerprint density at radius 2 is 1.47 bits per heavy atom. The van der Waals surface area contributed by atoms with Gasteiger partial charge in [0.1, 0.15) is 0 Å². The second-order valence-corrected chi connectivity index (χ2v) is 4.31. The molecule has 0 bridgehead atoms. The van der Waals surface area contributed by atoms with Crippen LogP contribution in [-0.4, -0.2) is 0 Å². The lowest BCUT2D eigenvalue weighted by atomic mass is 10.00. The first-order valence-electron chi connectivity index (χ1n) is 5.85. The fourth-order valence-corrected chi connectivity index (χ4v) is 2.16. The van der Waals surface area contributed by atoms with Crippen LogP contribution in [0.3, 0.4) is 0 Å². The summed E-state index contributed by atoms with van der Waals surface area (Å²) in [6.07, 6.45) is 2.03. The third-order valence-electron chi connectivity index (χ3n) is 2.90. The number of rotatable bonds is 5. The maximum absolute atomic E-state index is 5.82. The minimum Gasteiger partial charge on any atom is -0.226 e. The molecule has 0 saturated heterocycles. The maximum Gasteiger partial charge on any atom is 0.0473 e. The second kappa shape index (κ2) is 6.43. The molecule has 2 heteroatoms. The monoisotopic (exact) mass is 245 g/mol. The molecule has 0 aliphatic carbocycles. The minimum atomic E-state index is 0.207. The molecular weight excluding hydrogens is 230 g/mol. The lowest BCUT2D eigenvalue weighted by Gasteiger charge is -2.14. The van der Waals surface area contributed by atoms with E-state index in [1.54, 1.807) is 0 Å². The molecule has 2 rings (SSSR count). The Bertz CT molecular complexity index is 427.